The Kier molecular flexibility index (Phi) is 8.32. The molecule has 0 amide bonds. The van der Waals surface area contributed by atoms with Gasteiger partial charge in [0.1, 0.15) is 29.9 Å². The van der Waals surface area contributed by atoms with Crippen molar-refractivity contribution in [3.63, 3.8) is 0 Å². The molecule has 2 aromatic heterocycles. The molecule has 0 spiro atoms. The van der Waals surface area contributed by atoms with Gasteiger partial charge in [0, 0.05) is 29.2 Å². The van der Waals surface area contributed by atoms with Gasteiger partial charge in [0.2, 0.25) is 0 Å². The van der Waals surface area contributed by atoms with E-state index in [4.69, 9.17) is 15.2 Å². The standard InChI is InChI=1S/C15H15N3O4.C15H17N3O2/c1-22-15(19)12-7-4-8-17(12)14-11-6-3-2-5-10(11)13(9-16-14)18(20)21;1-20-15(19)13-7-4-8-18(13)14-11-6-3-2-5-10(11)12(16)9-17-14/h2-3,5-6,9,12H,4,7-8H2,1H3;2-3,5-6,9,13H,4,7-8,16H2,1H3/t12-;13-/m11/s1. The molecule has 2 fully saturated rings. The highest BCUT2D eigenvalue weighted by molar-refractivity contribution is 6.01. The Balaban J connectivity index is 0.000000169. The van der Waals surface area contributed by atoms with Gasteiger partial charge in [0.25, 0.3) is 5.69 Å². The number of hydrogen-bond donors (Lipinski definition) is 1. The van der Waals surface area contributed by atoms with E-state index in [0.717, 1.165) is 42.4 Å². The van der Waals surface area contributed by atoms with E-state index in [-0.39, 0.29) is 29.7 Å². The molecule has 2 saturated heterocycles. The Morgan fingerprint density at radius 1 is 0.810 bits per heavy atom. The summed E-state index contributed by atoms with van der Waals surface area (Å²) in [7, 11) is 2.79. The Hall–Kier alpha value is -5.00. The number of pyridine rings is 2. The lowest BCUT2D eigenvalue weighted by atomic mass is 10.1. The van der Waals surface area contributed by atoms with Gasteiger partial charge in [-0.05, 0) is 31.7 Å². The van der Waals surface area contributed by atoms with Crippen LogP contribution in [0.25, 0.3) is 21.5 Å². The number of benzene rings is 2. The largest absolute Gasteiger partial charge is 0.467 e. The number of rotatable bonds is 5. The van der Waals surface area contributed by atoms with Crippen LogP contribution in [0.3, 0.4) is 0 Å². The zero-order chi connectivity index (χ0) is 29.8. The van der Waals surface area contributed by atoms with Crippen LogP contribution in [0.15, 0.2) is 60.9 Å². The number of esters is 2. The molecule has 4 heterocycles. The molecular weight excluding hydrogens is 540 g/mol. The predicted octanol–water partition coefficient (Wildman–Crippen LogP) is 4.24. The highest BCUT2D eigenvalue weighted by atomic mass is 16.6. The number of nitrogen functional groups attached to an aromatic ring is 1. The van der Waals surface area contributed by atoms with E-state index in [1.807, 2.05) is 34.1 Å². The van der Waals surface area contributed by atoms with Crippen LogP contribution in [0.5, 0.6) is 0 Å². The molecule has 0 unspecified atom stereocenters. The number of ether oxygens (including phenoxy) is 2. The van der Waals surface area contributed by atoms with Crippen LogP contribution in [-0.4, -0.2) is 66.2 Å². The molecule has 6 rings (SSSR count). The lowest BCUT2D eigenvalue weighted by Crippen LogP contribution is -2.37. The Bertz CT molecular complexity index is 1650. The number of aromatic nitrogens is 2. The van der Waals surface area contributed by atoms with Crippen LogP contribution in [0.2, 0.25) is 0 Å². The molecular formula is C30H32N6O6. The number of carbonyl (C=O) groups excluding carboxylic acids is 2. The highest BCUT2D eigenvalue weighted by Gasteiger charge is 2.35. The summed E-state index contributed by atoms with van der Waals surface area (Å²) in [4.78, 5) is 47.1. The number of nitro groups is 1. The quantitative estimate of drug-likeness (QED) is 0.207. The van der Waals surface area contributed by atoms with E-state index >= 15 is 0 Å². The number of fused-ring (bicyclic) bond motifs is 2. The fraction of sp³-hybridized carbons (Fsp3) is 0.333. The SMILES string of the molecule is COC(=O)[C@H]1CCCN1c1ncc(N)c2ccccc12.COC(=O)[C@H]1CCCN1c1ncc([N+](=O)[O-])c2ccccc12. The fourth-order valence-electron chi connectivity index (χ4n) is 5.77. The van der Waals surface area contributed by atoms with Crippen LogP contribution >= 0.6 is 0 Å². The molecule has 4 aromatic rings. The number of hydrogen-bond acceptors (Lipinski definition) is 11. The van der Waals surface area contributed by atoms with Gasteiger partial charge in [-0.1, -0.05) is 42.5 Å². The fourth-order valence-corrected chi connectivity index (χ4v) is 5.77. The first-order valence-electron chi connectivity index (χ1n) is 13.7. The summed E-state index contributed by atoms with van der Waals surface area (Å²) >= 11 is 0. The Labute approximate surface area is 242 Å². The van der Waals surface area contributed by atoms with Crippen molar-refractivity contribution < 1.29 is 24.0 Å². The molecule has 0 radical (unpaired) electrons. The van der Waals surface area contributed by atoms with Gasteiger partial charge in [-0.3, -0.25) is 10.1 Å². The summed E-state index contributed by atoms with van der Waals surface area (Å²) < 4.78 is 9.73. The maximum Gasteiger partial charge on any atom is 0.328 e. The van der Waals surface area contributed by atoms with Crippen molar-refractivity contribution in [2.75, 3.05) is 42.8 Å². The first kappa shape index (κ1) is 28.5. The summed E-state index contributed by atoms with van der Waals surface area (Å²) in [5.74, 6) is 0.892. The second-order valence-electron chi connectivity index (χ2n) is 10.1. The maximum absolute atomic E-state index is 11.9. The zero-order valence-corrected chi connectivity index (χ0v) is 23.4. The van der Waals surface area contributed by atoms with Crippen LogP contribution in [-0.2, 0) is 19.1 Å². The summed E-state index contributed by atoms with van der Waals surface area (Å²) in [5.41, 5.74) is 6.59. The van der Waals surface area contributed by atoms with E-state index in [1.54, 1.807) is 30.5 Å². The van der Waals surface area contributed by atoms with Crippen LogP contribution < -0.4 is 15.5 Å². The topological polar surface area (TPSA) is 154 Å². The smallest absolute Gasteiger partial charge is 0.328 e. The third-order valence-corrected chi connectivity index (χ3v) is 7.75. The first-order chi connectivity index (χ1) is 20.3. The first-order valence-corrected chi connectivity index (χ1v) is 13.7. The lowest BCUT2D eigenvalue weighted by molar-refractivity contribution is -0.383. The zero-order valence-electron chi connectivity index (χ0n) is 23.4. The average Bonchev–Trinajstić information content (AvgIpc) is 3.71. The summed E-state index contributed by atoms with van der Waals surface area (Å²) in [5, 5.41) is 14.3. The van der Waals surface area contributed by atoms with Crippen molar-refractivity contribution in [2.45, 2.75) is 37.8 Å². The van der Waals surface area contributed by atoms with E-state index in [1.165, 1.54) is 20.4 Å². The third-order valence-electron chi connectivity index (χ3n) is 7.75. The predicted molar refractivity (Wildman–Crippen MR) is 159 cm³/mol. The van der Waals surface area contributed by atoms with Crippen molar-refractivity contribution >= 4 is 56.5 Å². The molecule has 2 N–H and O–H groups in total. The summed E-state index contributed by atoms with van der Waals surface area (Å²) in [6.07, 6.45) is 6.22. The third kappa shape index (κ3) is 5.35. The maximum atomic E-state index is 11.9. The van der Waals surface area contributed by atoms with Crippen LogP contribution in [0, 0.1) is 10.1 Å². The van der Waals surface area contributed by atoms with Gasteiger partial charge in [-0.15, -0.1) is 0 Å². The van der Waals surface area contributed by atoms with Crippen molar-refractivity contribution in [1.29, 1.82) is 0 Å². The summed E-state index contributed by atoms with van der Waals surface area (Å²) in [6, 6.07) is 14.3. The van der Waals surface area contributed by atoms with Gasteiger partial charge in [-0.2, -0.15) is 0 Å². The second-order valence-corrected chi connectivity index (χ2v) is 10.1. The second kappa shape index (κ2) is 12.2. The molecule has 42 heavy (non-hydrogen) atoms. The van der Waals surface area contributed by atoms with Gasteiger partial charge in [0.15, 0.2) is 0 Å². The Morgan fingerprint density at radius 3 is 1.76 bits per heavy atom. The molecule has 2 aliphatic heterocycles. The number of anilines is 3. The van der Waals surface area contributed by atoms with E-state index in [9.17, 15) is 19.7 Å². The minimum atomic E-state index is -0.444. The molecule has 12 nitrogen and oxygen atoms in total. The highest BCUT2D eigenvalue weighted by Crippen LogP contribution is 2.35. The molecule has 0 bridgehead atoms. The lowest BCUT2D eigenvalue weighted by Gasteiger charge is -2.25. The molecule has 2 atom stereocenters. The normalized spacial score (nSPS) is 18.0. The number of nitrogens with two attached hydrogens (primary N) is 1. The minimum absolute atomic E-state index is 0.0341. The van der Waals surface area contributed by atoms with Crippen molar-refractivity contribution in [2.24, 2.45) is 0 Å². The molecule has 0 saturated carbocycles. The average molecular weight is 573 g/mol. The van der Waals surface area contributed by atoms with Gasteiger partial charge >= 0.3 is 11.9 Å². The molecule has 2 aromatic carbocycles. The van der Waals surface area contributed by atoms with E-state index in [2.05, 4.69) is 9.97 Å². The van der Waals surface area contributed by atoms with Crippen LogP contribution in [0.1, 0.15) is 25.7 Å². The molecule has 0 aliphatic carbocycles. The Morgan fingerprint density at radius 2 is 1.26 bits per heavy atom. The molecule has 2 aliphatic rings. The number of carbonyl (C=O) groups is 2. The number of methoxy groups -OCH3 is 2. The van der Waals surface area contributed by atoms with E-state index in [0.29, 0.717) is 35.2 Å². The van der Waals surface area contributed by atoms with Gasteiger partial charge in [-0.25, -0.2) is 19.6 Å². The minimum Gasteiger partial charge on any atom is -0.467 e. The molecule has 12 heteroatoms. The number of nitrogens with zero attached hydrogens (tertiary/aromatic N) is 5. The molecule has 218 valence electrons. The van der Waals surface area contributed by atoms with Crippen molar-refractivity contribution in [3.05, 3.63) is 71.0 Å². The van der Waals surface area contributed by atoms with Crippen LogP contribution in [0.4, 0.5) is 23.0 Å². The van der Waals surface area contributed by atoms with Gasteiger partial charge < -0.3 is 25.0 Å². The monoisotopic (exact) mass is 572 g/mol. The summed E-state index contributed by atoms with van der Waals surface area (Å²) in [6.45, 7) is 1.48. The van der Waals surface area contributed by atoms with Crippen molar-refractivity contribution in [1.82, 2.24) is 9.97 Å². The van der Waals surface area contributed by atoms with Gasteiger partial charge in [0.05, 0.1) is 36.4 Å². The van der Waals surface area contributed by atoms with E-state index < -0.39 is 4.92 Å². The van der Waals surface area contributed by atoms with Crippen molar-refractivity contribution in [3.8, 4) is 0 Å².